The fraction of sp³-hybridized carbons (Fsp3) is 0.167. The molecular weight excluding hydrogens is 257 g/mol. The molecule has 1 aromatic carbocycles. The molecule has 0 aliphatic rings. The number of nitrogens with zero attached hydrogens (tertiary/aromatic N) is 3. The van der Waals surface area contributed by atoms with Crippen LogP contribution in [0.1, 0.15) is 5.56 Å². The molecular formula is C12H11Cl2N3. The number of hydrogen-bond acceptors (Lipinski definition) is 3. The summed E-state index contributed by atoms with van der Waals surface area (Å²) in [5, 5.41) is 1.13. The van der Waals surface area contributed by atoms with Crippen LogP contribution in [-0.2, 0) is 6.54 Å². The molecule has 0 fully saturated rings. The van der Waals surface area contributed by atoms with Crippen LogP contribution < -0.4 is 4.90 Å². The molecule has 0 aliphatic heterocycles. The highest BCUT2D eigenvalue weighted by Crippen LogP contribution is 2.22. The van der Waals surface area contributed by atoms with E-state index in [0.29, 0.717) is 17.5 Å². The molecule has 0 aliphatic carbocycles. The van der Waals surface area contributed by atoms with E-state index in [9.17, 15) is 0 Å². The molecule has 2 aromatic rings. The smallest absolute Gasteiger partial charge is 0.171 e. The van der Waals surface area contributed by atoms with Crippen molar-refractivity contribution in [1.82, 2.24) is 9.97 Å². The number of hydrogen-bond donors (Lipinski definition) is 0. The van der Waals surface area contributed by atoms with E-state index in [1.807, 2.05) is 36.2 Å². The van der Waals surface area contributed by atoms with Gasteiger partial charge in [-0.25, -0.2) is 9.97 Å². The molecule has 5 heteroatoms. The summed E-state index contributed by atoms with van der Waals surface area (Å²) in [5.41, 5.74) is 1.03. The first-order valence-corrected chi connectivity index (χ1v) is 5.85. The molecule has 88 valence electrons. The van der Waals surface area contributed by atoms with Gasteiger partial charge in [-0.2, -0.15) is 0 Å². The van der Waals surface area contributed by atoms with Gasteiger partial charge in [-0.3, -0.25) is 0 Å². The summed E-state index contributed by atoms with van der Waals surface area (Å²) in [4.78, 5) is 10.1. The summed E-state index contributed by atoms with van der Waals surface area (Å²) < 4.78 is 0. The molecule has 0 unspecified atom stereocenters. The van der Waals surface area contributed by atoms with E-state index in [1.165, 1.54) is 0 Å². The maximum Gasteiger partial charge on any atom is 0.171 e. The number of anilines is 1. The van der Waals surface area contributed by atoms with Crippen LogP contribution in [0.15, 0.2) is 36.7 Å². The SMILES string of the molecule is CN(Cc1ccccc1Cl)c1nccnc1Cl. The standard InChI is InChI=1S/C12H11Cl2N3/c1-17(12-11(14)15-6-7-16-12)8-9-4-2-3-5-10(9)13/h2-7H,8H2,1H3. The largest absolute Gasteiger partial charge is 0.353 e. The van der Waals surface area contributed by atoms with Gasteiger partial charge in [0.2, 0.25) is 0 Å². The average molecular weight is 268 g/mol. The summed E-state index contributed by atoms with van der Waals surface area (Å²) in [6, 6.07) is 7.70. The third-order valence-corrected chi connectivity index (χ3v) is 3.00. The van der Waals surface area contributed by atoms with Crippen LogP contribution in [0.2, 0.25) is 10.2 Å². The first kappa shape index (κ1) is 12.1. The van der Waals surface area contributed by atoms with E-state index >= 15 is 0 Å². The third-order valence-electron chi connectivity index (χ3n) is 2.36. The predicted molar refractivity (Wildman–Crippen MR) is 70.6 cm³/mol. The van der Waals surface area contributed by atoms with Gasteiger partial charge in [0.25, 0.3) is 0 Å². The van der Waals surface area contributed by atoms with E-state index in [-0.39, 0.29) is 0 Å². The van der Waals surface area contributed by atoms with Crippen molar-refractivity contribution in [3.63, 3.8) is 0 Å². The highest BCUT2D eigenvalue weighted by atomic mass is 35.5. The van der Waals surface area contributed by atoms with Crippen LogP contribution in [0.3, 0.4) is 0 Å². The van der Waals surface area contributed by atoms with Crippen molar-refractivity contribution < 1.29 is 0 Å². The van der Waals surface area contributed by atoms with Crippen LogP contribution in [-0.4, -0.2) is 17.0 Å². The van der Waals surface area contributed by atoms with Gasteiger partial charge in [0.1, 0.15) is 0 Å². The molecule has 0 N–H and O–H groups in total. The van der Waals surface area contributed by atoms with E-state index in [1.54, 1.807) is 12.4 Å². The zero-order valence-corrected chi connectivity index (χ0v) is 10.8. The summed E-state index contributed by atoms with van der Waals surface area (Å²) in [6.07, 6.45) is 3.18. The molecule has 0 radical (unpaired) electrons. The minimum atomic E-state index is 0.391. The summed E-state index contributed by atoms with van der Waals surface area (Å²) >= 11 is 12.1. The second-order valence-corrected chi connectivity index (χ2v) is 4.38. The fourth-order valence-electron chi connectivity index (χ4n) is 1.53. The lowest BCUT2D eigenvalue weighted by Gasteiger charge is -2.19. The van der Waals surface area contributed by atoms with E-state index < -0.39 is 0 Å². The van der Waals surface area contributed by atoms with Crippen LogP contribution in [0.5, 0.6) is 0 Å². The van der Waals surface area contributed by atoms with Crippen molar-refractivity contribution in [3.05, 3.63) is 52.4 Å². The Kier molecular flexibility index (Phi) is 3.82. The molecule has 1 aromatic heterocycles. The molecule has 0 saturated heterocycles. The molecule has 2 rings (SSSR count). The zero-order valence-electron chi connectivity index (χ0n) is 9.27. The van der Waals surface area contributed by atoms with Crippen molar-refractivity contribution in [2.45, 2.75) is 6.54 Å². The predicted octanol–water partition coefficient (Wildman–Crippen LogP) is 3.42. The highest BCUT2D eigenvalue weighted by Gasteiger charge is 2.09. The Balaban J connectivity index is 2.20. The van der Waals surface area contributed by atoms with E-state index in [2.05, 4.69) is 9.97 Å². The maximum atomic E-state index is 6.10. The molecule has 0 saturated carbocycles. The van der Waals surface area contributed by atoms with Crippen LogP contribution in [0.4, 0.5) is 5.82 Å². The minimum Gasteiger partial charge on any atom is -0.353 e. The van der Waals surface area contributed by atoms with Gasteiger partial charge in [0, 0.05) is 31.0 Å². The first-order valence-electron chi connectivity index (χ1n) is 5.09. The molecule has 0 atom stereocenters. The van der Waals surface area contributed by atoms with Crippen molar-refractivity contribution in [2.75, 3.05) is 11.9 Å². The van der Waals surface area contributed by atoms with Crippen LogP contribution in [0, 0.1) is 0 Å². The highest BCUT2D eigenvalue weighted by molar-refractivity contribution is 6.32. The van der Waals surface area contributed by atoms with Gasteiger partial charge < -0.3 is 4.90 Å². The number of benzene rings is 1. The second-order valence-electron chi connectivity index (χ2n) is 3.62. The van der Waals surface area contributed by atoms with Gasteiger partial charge in [-0.1, -0.05) is 41.4 Å². The maximum absolute atomic E-state index is 6.10. The topological polar surface area (TPSA) is 29.0 Å². The third kappa shape index (κ3) is 2.87. The molecule has 0 amide bonds. The Labute approximate surface area is 110 Å². The van der Waals surface area contributed by atoms with Gasteiger partial charge in [0.05, 0.1) is 0 Å². The molecule has 0 bridgehead atoms. The van der Waals surface area contributed by atoms with Crippen molar-refractivity contribution in [2.24, 2.45) is 0 Å². The summed E-state index contributed by atoms with van der Waals surface area (Å²) in [6.45, 7) is 0.637. The zero-order chi connectivity index (χ0) is 12.3. The Hall–Kier alpha value is -1.32. The fourth-order valence-corrected chi connectivity index (χ4v) is 1.97. The van der Waals surface area contributed by atoms with Gasteiger partial charge in [-0.05, 0) is 11.6 Å². The van der Waals surface area contributed by atoms with Gasteiger partial charge in [0.15, 0.2) is 11.0 Å². The second kappa shape index (κ2) is 5.34. The lowest BCUT2D eigenvalue weighted by atomic mass is 10.2. The Morgan fingerprint density at radius 1 is 1.12 bits per heavy atom. The van der Waals surface area contributed by atoms with Gasteiger partial charge >= 0.3 is 0 Å². The molecule has 1 heterocycles. The minimum absolute atomic E-state index is 0.391. The number of rotatable bonds is 3. The van der Waals surface area contributed by atoms with Crippen molar-refractivity contribution in [1.29, 1.82) is 0 Å². The van der Waals surface area contributed by atoms with Crippen molar-refractivity contribution in [3.8, 4) is 0 Å². The van der Waals surface area contributed by atoms with Crippen LogP contribution >= 0.6 is 23.2 Å². The normalized spacial score (nSPS) is 10.3. The Morgan fingerprint density at radius 2 is 1.82 bits per heavy atom. The summed E-state index contributed by atoms with van der Waals surface area (Å²) in [5.74, 6) is 0.647. The Morgan fingerprint density at radius 3 is 2.53 bits per heavy atom. The van der Waals surface area contributed by atoms with Gasteiger partial charge in [-0.15, -0.1) is 0 Å². The molecule has 0 spiro atoms. The summed E-state index contributed by atoms with van der Waals surface area (Å²) in [7, 11) is 1.90. The van der Waals surface area contributed by atoms with Crippen molar-refractivity contribution >= 4 is 29.0 Å². The Bertz CT molecular complexity index is 517. The lowest BCUT2D eigenvalue weighted by Crippen LogP contribution is -2.18. The quantitative estimate of drug-likeness (QED) is 0.854. The number of aromatic nitrogens is 2. The lowest BCUT2D eigenvalue weighted by molar-refractivity contribution is 0.890. The monoisotopic (exact) mass is 267 g/mol. The van der Waals surface area contributed by atoms with Crippen LogP contribution in [0.25, 0.3) is 0 Å². The van der Waals surface area contributed by atoms with E-state index in [4.69, 9.17) is 23.2 Å². The van der Waals surface area contributed by atoms with E-state index in [0.717, 1.165) is 10.6 Å². The average Bonchev–Trinajstić information content (AvgIpc) is 2.32. The molecule has 17 heavy (non-hydrogen) atoms. The molecule has 3 nitrogen and oxygen atoms in total. The first-order chi connectivity index (χ1) is 8.18. The number of halogens is 2.